The van der Waals surface area contributed by atoms with Crippen LogP contribution in [0.2, 0.25) is 0 Å². The van der Waals surface area contributed by atoms with Crippen molar-refractivity contribution in [2.75, 3.05) is 0 Å². The minimum absolute atomic E-state index is 0.200. The lowest BCUT2D eigenvalue weighted by Gasteiger charge is -2.18. The molecule has 5 rings (SSSR count). The SMILES string of the molecule is O=C(O)c1cn2c(cc1=O)-c1oc3cc(C4CC4)ccc3c1CC2. The summed E-state index contributed by atoms with van der Waals surface area (Å²) >= 11 is 0. The van der Waals surface area contributed by atoms with Crippen LogP contribution in [0.25, 0.3) is 22.4 Å². The van der Waals surface area contributed by atoms with Crippen molar-refractivity contribution in [3.8, 4) is 11.5 Å². The van der Waals surface area contributed by atoms with Crippen molar-refractivity contribution >= 4 is 16.9 Å². The van der Waals surface area contributed by atoms with Gasteiger partial charge in [0.2, 0.25) is 0 Å². The number of furan rings is 1. The molecule has 5 nitrogen and oxygen atoms in total. The van der Waals surface area contributed by atoms with Crippen LogP contribution in [0.4, 0.5) is 0 Å². The minimum Gasteiger partial charge on any atom is -0.477 e. The normalized spacial score (nSPS) is 16.0. The van der Waals surface area contributed by atoms with Crippen molar-refractivity contribution in [1.82, 2.24) is 4.57 Å². The van der Waals surface area contributed by atoms with Crippen LogP contribution in [0.3, 0.4) is 0 Å². The quantitative estimate of drug-likeness (QED) is 0.785. The maximum absolute atomic E-state index is 12.1. The number of pyridine rings is 1. The number of aryl methyl sites for hydroxylation is 2. The average Bonchev–Trinajstić information content (AvgIpc) is 3.34. The minimum atomic E-state index is -1.19. The lowest BCUT2D eigenvalue weighted by atomic mass is 10.00. The Labute approximate surface area is 137 Å². The summed E-state index contributed by atoms with van der Waals surface area (Å²) < 4.78 is 7.89. The van der Waals surface area contributed by atoms with Gasteiger partial charge < -0.3 is 14.1 Å². The number of hydrogen-bond acceptors (Lipinski definition) is 3. The molecular weight excluding hydrogens is 306 g/mol. The van der Waals surface area contributed by atoms with Gasteiger partial charge in [0.25, 0.3) is 0 Å². The Morgan fingerprint density at radius 1 is 1.25 bits per heavy atom. The zero-order valence-electron chi connectivity index (χ0n) is 12.9. The van der Waals surface area contributed by atoms with Gasteiger partial charge in [-0.3, -0.25) is 4.79 Å². The van der Waals surface area contributed by atoms with Crippen LogP contribution in [-0.4, -0.2) is 15.6 Å². The number of rotatable bonds is 2. The molecule has 1 saturated carbocycles. The first-order valence-corrected chi connectivity index (χ1v) is 8.15. The van der Waals surface area contributed by atoms with Crippen LogP contribution < -0.4 is 5.43 Å². The molecule has 0 amide bonds. The Kier molecular flexibility index (Phi) is 2.61. The number of carbonyl (C=O) groups is 1. The Bertz CT molecular complexity index is 1070. The van der Waals surface area contributed by atoms with Crippen LogP contribution in [0.15, 0.2) is 39.7 Å². The molecule has 1 N–H and O–H groups in total. The Morgan fingerprint density at radius 2 is 2.08 bits per heavy atom. The molecule has 24 heavy (non-hydrogen) atoms. The van der Waals surface area contributed by atoms with Crippen LogP contribution in [-0.2, 0) is 13.0 Å². The molecule has 1 aliphatic heterocycles. The fraction of sp³-hybridized carbons (Fsp3) is 0.263. The molecule has 1 aromatic carbocycles. The van der Waals surface area contributed by atoms with E-state index in [0.29, 0.717) is 23.9 Å². The third kappa shape index (κ3) is 1.87. The molecule has 0 unspecified atom stereocenters. The molecule has 1 fully saturated rings. The van der Waals surface area contributed by atoms with Crippen LogP contribution in [0, 0.1) is 0 Å². The number of fused-ring (bicyclic) bond motifs is 5. The van der Waals surface area contributed by atoms with E-state index in [1.807, 2.05) is 0 Å². The number of aromatic carboxylic acids is 1. The van der Waals surface area contributed by atoms with E-state index in [9.17, 15) is 9.59 Å². The molecule has 3 aromatic rings. The van der Waals surface area contributed by atoms with Crippen molar-refractivity contribution in [1.29, 1.82) is 0 Å². The molecule has 0 saturated heterocycles. The zero-order valence-corrected chi connectivity index (χ0v) is 12.9. The summed E-state index contributed by atoms with van der Waals surface area (Å²) in [6.45, 7) is 0.641. The van der Waals surface area contributed by atoms with E-state index in [2.05, 4.69) is 18.2 Å². The number of carboxylic acid groups (broad SMARTS) is 1. The van der Waals surface area contributed by atoms with Crippen LogP contribution in [0.5, 0.6) is 0 Å². The van der Waals surface area contributed by atoms with Gasteiger partial charge in [0, 0.05) is 29.8 Å². The number of aromatic nitrogens is 1. The number of carboxylic acids is 1. The summed E-state index contributed by atoms with van der Waals surface area (Å²) in [6.07, 6.45) is 4.66. The fourth-order valence-corrected chi connectivity index (χ4v) is 3.64. The maximum atomic E-state index is 12.1. The van der Waals surface area contributed by atoms with Gasteiger partial charge in [-0.2, -0.15) is 0 Å². The molecule has 2 aromatic heterocycles. The largest absolute Gasteiger partial charge is 0.477 e. The first-order chi connectivity index (χ1) is 11.6. The molecule has 5 heteroatoms. The van der Waals surface area contributed by atoms with Gasteiger partial charge in [0.15, 0.2) is 11.2 Å². The predicted molar refractivity (Wildman–Crippen MR) is 88.5 cm³/mol. The molecule has 2 aliphatic rings. The lowest BCUT2D eigenvalue weighted by Crippen LogP contribution is -2.21. The predicted octanol–water partition coefficient (Wildman–Crippen LogP) is 3.39. The van der Waals surface area contributed by atoms with E-state index in [0.717, 1.165) is 23.0 Å². The van der Waals surface area contributed by atoms with E-state index in [-0.39, 0.29) is 5.56 Å². The van der Waals surface area contributed by atoms with Gasteiger partial charge in [0.1, 0.15) is 11.1 Å². The Balaban J connectivity index is 1.73. The van der Waals surface area contributed by atoms with Gasteiger partial charge in [-0.1, -0.05) is 12.1 Å². The van der Waals surface area contributed by atoms with Crippen molar-refractivity contribution in [3.05, 3.63) is 57.4 Å². The van der Waals surface area contributed by atoms with Crippen molar-refractivity contribution in [2.45, 2.75) is 31.7 Å². The molecule has 0 bridgehead atoms. The zero-order chi connectivity index (χ0) is 16.4. The van der Waals surface area contributed by atoms with Crippen molar-refractivity contribution < 1.29 is 14.3 Å². The smallest absolute Gasteiger partial charge is 0.341 e. The summed E-state index contributed by atoms with van der Waals surface area (Å²) in [5.41, 5.74) is 3.25. The summed E-state index contributed by atoms with van der Waals surface area (Å²) in [6, 6.07) is 7.78. The highest BCUT2D eigenvalue weighted by atomic mass is 16.4. The van der Waals surface area contributed by atoms with Crippen molar-refractivity contribution in [3.63, 3.8) is 0 Å². The molecule has 120 valence electrons. The van der Waals surface area contributed by atoms with Gasteiger partial charge in [-0.05, 0) is 36.8 Å². The summed E-state index contributed by atoms with van der Waals surface area (Å²) in [4.78, 5) is 23.2. The van der Waals surface area contributed by atoms with Crippen molar-refractivity contribution in [2.24, 2.45) is 0 Å². The first-order valence-electron chi connectivity index (χ1n) is 8.15. The molecule has 0 spiro atoms. The first kappa shape index (κ1) is 13.6. The topological polar surface area (TPSA) is 72.4 Å². The number of benzene rings is 1. The maximum Gasteiger partial charge on any atom is 0.341 e. The van der Waals surface area contributed by atoms with E-state index in [1.54, 1.807) is 4.57 Å². The second-order valence-electron chi connectivity index (χ2n) is 6.62. The second-order valence-corrected chi connectivity index (χ2v) is 6.62. The average molecular weight is 321 g/mol. The van der Waals surface area contributed by atoms with Gasteiger partial charge >= 0.3 is 5.97 Å². The third-order valence-corrected chi connectivity index (χ3v) is 5.06. The third-order valence-electron chi connectivity index (χ3n) is 5.06. The summed E-state index contributed by atoms with van der Waals surface area (Å²) in [5, 5.41) is 10.2. The monoisotopic (exact) mass is 321 g/mol. The lowest BCUT2D eigenvalue weighted by molar-refractivity contribution is 0.0694. The fourth-order valence-electron chi connectivity index (χ4n) is 3.64. The molecule has 1 aliphatic carbocycles. The Hall–Kier alpha value is -2.82. The summed E-state index contributed by atoms with van der Waals surface area (Å²) in [5.74, 6) is 0.155. The molecular formula is C19H15NO4. The van der Waals surface area contributed by atoms with E-state index >= 15 is 0 Å². The number of nitrogens with zero attached hydrogens (tertiary/aromatic N) is 1. The van der Waals surface area contributed by atoms with E-state index < -0.39 is 11.4 Å². The van der Waals surface area contributed by atoms with Crippen LogP contribution >= 0.6 is 0 Å². The highest BCUT2D eigenvalue weighted by Crippen LogP contribution is 2.43. The Morgan fingerprint density at radius 3 is 2.83 bits per heavy atom. The van der Waals surface area contributed by atoms with E-state index in [1.165, 1.54) is 30.7 Å². The van der Waals surface area contributed by atoms with Gasteiger partial charge in [0.05, 0.1) is 5.69 Å². The second kappa shape index (κ2) is 4.60. The van der Waals surface area contributed by atoms with Gasteiger partial charge in [-0.15, -0.1) is 0 Å². The molecule has 0 radical (unpaired) electrons. The highest BCUT2D eigenvalue weighted by molar-refractivity contribution is 5.90. The number of hydrogen-bond donors (Lipinski definition) is 1. The standard InChI is InChI=1S/C19H15NO4/c21-16-8-15-18-13(5-6-20(15)9-14(16)19(22)23)12-4-3-11(10-1-2-10)7-17(12)24-18/h3-4,7-10H,1-2,5-6H2,(H,22,23). The van der Waals surface area contributed by atoms with Crippen LogP contribution in [0.1, 0.15) is 40.2 Å². The highest BCUT2D eigenvalue weighted by Gasteiger charge is 2.27. The van der Waals surface area contributed by atoms with Gasteiger partial charge in [-0.25, -0.2) is 4.79 Å². The molecule has 0 atom stereocenters. The summed E-state index contributed by atoms with van der Waals surface area (Å²) in [7, 11) is 0. The van der Waals surface area contributed by atoms with E-state index in [4.69, 9.17) is 9.52 Å². The molecule has 3 heterocycles.